The maximum Gasteiger partial charge on any atom is 0.305 e. The van der Waals surface area contributed by atoms with E-state index in [0.717, 1.165) is 38.5 Å². The Kier molecular flexibility index (Phi) is 70.3. The van der Waals surface area contributed by atoms with E-state index in [1.165, 1.54) is 372 Å². The third kappa shape index (κ3) is 67.9. The number of rotatable bonds is 72. The highest BCUT2D eigenvalue weighted by atomic mass is 16.5. The number of aliphatic hydroxyl groups is 2. The zero-order valence-electron chi connectivity index (χ0n) is 55.6. The van der Waals surface area contributed by atoms with Crippen LogP contribution < -0.4 is 5.32 Å². The molecule has 0 aliphatic carbocycles. The van der Waals surface area contributed by atoms with E-state index >= 15 is 0 Å². The summed E-state index contributed by atoms with van der Waals surface area (Å²) in [5.41, 5.74) is 0. The summed E-state index contributed by atoms with van der Waals surface area (Å²) < 4.78 is 5.51. The van der Waals surface area contributed by atoms with E-state index in [1.807, 2.05) is 0 Å². The molecular weight excluding hydrogens is 995 g/mol. The minimum atomic E-state index is -0.662. The van der Waals surface area contributed by atoms with Gasteiger partial charge in [-0.15, -0.1) is 0 Å². The molecule has 81 heavy (non-hydrogen) atoms. The standard InChI is InChI=1S/C75H149NO5/c1-3-5-7-9-11-13-15-17-19-21-22-30-33-36-39-43-47-51-55-59-63-67-73(78)72(71-77)76-74(79)68-64-60-56-52-48-44-40-37-34-31-28-26-24-23-25-27-29-32-35-38-42-46-50-54-58-62-66-70-81-75(80)69-65-61-57-53-49-45-41-20-18-16-14-12-10-8-6-4-2/h72-73,77-78H,3-71H2,1-2H3,(H,76,79). The molecule has 0 aliphatic rings. The van der Waals surface area contributed by atoms with Crippen molar-refractivity contribution >= 4 is 11.9 Å². The molecule has 1 amide bonds. The second-order valence-electron chi connectivity index (χ2n) is 26.4. The van der Waals surface area contributed by atoms with Crippen molar-refractivity contribution in [2.24, 2.45) is 0 Å². The topological polar surface area (TPSA) is 95.9 Å². The van der Waals surface area contributed by atoms with Crippen LogP contribution >= 0.6 is 0 Å². The van der Waals surface area contributed by atoms with Gasteiger partial charge in [0.2, 0.25) is 5.91 Å². The van der Waals surface area contributed by atoms with Gasteiger partial charge in [0.25, 0.3) is 0 Å². The Hall–Kier alpha value is -1.14. The highest BCUT2D eigenvalue weighted by Crippen LogP contribution is 2.20. The lowest BCUT2D eigenvalue weighted by Gasteiger charge is -2.22. The van der Waals surface area contributed by atoms with Crippen molar-refractivity contribution in [2.45, 2.75) is 456 Å². The lowest BCUT2D eigenvalue weighted by molar-refractivity contribution is -0.143. The van der Waals surface area contributed by atoms with Gasteiger partial charge in [-0.05, 0) is 25.7 Å². The molecule has 0 aliphatic heterocycles. The van der Waals surface area contributed by atoms with E-state index in [4.69, 9.17) is 4.74 Å². The quantitative estimate of drug-likeness (QED) is 0.0417. The molecule has 0 rings (SSSR count). The van der Waals surface area contributed by atoms with Crippen LogP contribution in [0.2, 0.25) is 0 Å². The highest BCUT2D eigenvalue weighted by molar-refractivity contribution is 5.76. The van der Waals surface area contributed by atoms with Crippen LogP contribution in [0.3, 0.4) is 0 Å². The van der Waals surface area contributed by atoms with Crippen LogP contribution in [0.5, 0.6) is 0 Å². The fraction of sp³-hybridized carbons (Fsp3) is 0.973. The maximum absolute atomic E-state index is 12.6. The first kappa shape index (κ1) is 79.9. The van der Waals surface area contributed by atoms with Gasteiger partial charge in [0.05, 0.1) is 25.4 Å². The molecule has 0 bridgehead atoms. The lowest BCUT2D eigenvalue weighted by atomic mass is 10.0. The number of carbonyl (C=O) groups is 2. The Morgan fingerprint density at radius 3 is 0.753 bits per heavy atom. The number of hydrogen-bond acceptors (Lipinski definition) is 5. The fourth-order valence-corrected chi connectivity index (χ4v) is 12.4. The minimum absolute atomic E-state index is 0.0231. The molecule has 0 saturated carbocycles. The van der Waals surface area contributed by atoms with Crippen LogP contribution in [0.15, 0.2) is 0 Å². The van der Waals surface area contributed by atoms with E-state index < -0.39 is 12.1 Å². The number of ether oxygens (including phenoxy) is 1. The predicted octanol–water partition coefficient (Wildman–Crippen LogP) is 24.5. The third-order valence-corrected chi connectivity index (χ3v) is 18.2. The van der Waals surface area contributed by atoms with Crippen LogP contribution in [0.4, 0.5) is 0 Å². The molecule has 0 spiro atoms. The molecule has 0 aromatic heterocycles. The predicted molar refractivity (Wildman–Crippen MR) is 357 cm³/mol. The van der Waals surface area contributed by atoms with Gasteiger partial charge in [-0.1, -0.05) is 406 Å². The van der Waals surface area contributed by atoms with Crippen molar-refractivity contribution in [2.75, 3.05) is 13.2 Å². The summed E-state index contributed by atoms with van der Waals surface area (Å²) in [6.45, 7) is 5.02. The van der Waals surface area contributed by atoms with Gasteiger partial charge in [-0.2, -0.15) is 0 Å². The van der Waals surface area contributed by atoms with Crippen LogP contribution in [-0.2, 0) is 14.3 Å². The van der Waals surface area contributed by atoms with Crippen molar-refractivity contribution in [1.29, 1.82) is 0 Å². The van der Waals surface area contributed by atoms with Gasteiger partial charge in [-0.25, -0.2) is 0 Å². The van der Waals surface area contributed by atoms with Crippen molar-refractivity contribution in [3.8, 4) is 0 Å². The number of aliphatic hydroxyl groups excluding tert-OH is 2. The number of unbranched alkanes of at least 4 members (excludes halogenated alkanes) is 61. The summed E-state index contributed by atoms with van der Waals surface area (Å²) in [6, 6.07) is -0.539. The maximum atomic E-state index is 12.6. The van der Waals surface area contributed by atoms with Crippen LogP contribution in [0, 0.1) is 0 Å². The van der Waals surface area contributed by atoms with Gasteiger partial charge in [-0.3, -0.25) is 9.59 Å². The molecule has 0 heterocycles. The number of esters is 1. The largest absolute Gasteiger partial charge is 0.466 e. The summed E-state index contributed by atoms with van der Waals surface area (Å²) in [5.74, 6) is -0.00326. The SMILES string of the molecule is CCCCCCCCCCCCCCCCCCCCCCCC(O)C(CO)NC(=O)CCCCCCCCCCCCCCCCCCCCCCCCCCCCCOC(=O)CCCCCCCCCCCCCCCCCC. The summed E-state index contributed by atoms with van der Waals surface area (Å²) in [4.78, 5) is 24.7. The van der Waals surface area contributed by atoms with Crippen LogP contribution in [-0.4, -0.2) is 47.4 Å². The number of nitrogens with one attached hydrogen (secondary N) is 1. The molecule has 0 saturated heterocycles. The molecule has 0 radical (unpaired) electrons. The Bertz CT molecular complexity index is 1180. The second kappa shape index (κ2) is 71.3. The first-order valence-corrected chi connectivity index (χ1v) is 37.8. The number of hydrogen-bond donors (Lipinski definition) is 3. The summed E-state index contributed by atoms with van der Waals surface area (Å²) in [5, 5.41) is 23.4. The molecule has 0 aromatic rings. The van der Waals surface area contributed by atoms with Crippen molar-refractivity contribution < 1.29 is 24.5 Å². The monoisotopic (exact) mass is 1140 g/mol. The van der Waals surface area contributed by atoms with Gasteiger partial charge in [0.15, 0.2) is 0 Å². The van der Waals surface area contributed by atoms with Crippen molar-refractivity contribution in [3.63, 3.8) is 0 Å². The summed E-state index contributed by atoms with van der Waals surface area (Å²) >= 11 is 0. The molecule has 484 valence electrons. The molecular formula is C75H149NO5. The molecule has 0 aromatic carbocycles. The van der Waals surface area contributed by atoms with E-state index in [1.54, 1.807) is 0 Å². The average Bonchev–Trinajstić information content (AvgIpc) is 3.47. The Balaban J connectivity index is 3.33. The van der Waals surface area contributed by atoms with Crippen LogP contribution in [0.1, 0.15) is 444 Å². The first-order chi connectivity index (χ1) is 40.0. The average molecular weight is 1150 g/mol. The second-order valence-corrected chi connectivity index (χ2v) is 26.4. The smallest absolute Gasteiger partial charge is 0.305 e. The first-order valence-electron chi connectivity index (χ1n) is 37.8. The van der Waals surface area contributed by atoms with Crippen LogP contribution in [0.25, 0.3) is 0 Å². The molecule has 3 N–H and O–H groups in total. The molecule has 6 nitrogen and oxygen atoms in total. The zero-order chi connectivity index (χ0) is 58.5. The summed E-state index contributed by atoms with van der Waals surface area (Å²) in [7, 11) is 0. The molecule has 6 heteroatoms. The van der Waals surface area contributed by atoms with Gasteiger partial charge in [0, 0.05) is 12.8 Å². The zero-order valence-corrected chi connectivity index (χ0v) is 55.6. The van der Waals surface area contributed by atoms with Crippen molar-refractivity contribution in [3.05, 3.63) is 0 Å². The highest BCUT2D eigenvalue weighted by Gasteiger charge is 2.20. The molecule has 2 unspecified atom stereocenters. The van der Waals surface area contributed by atoms with E-state index in [-0.39, 0.29) is 18.5 Å². The van der Waals surface area contributed by atoms with E-state index in [0.29, 0.717) is 25.9 Å². The molecule has 0 fully saturated rings. The summed E-state index contributed by atoms with van der Waals surface area (Å²) in [6.07, 6.45) is 87.4. The molecule has 2 atom stereocenters. The van der Waals surface area contributed by atoms with Gasteiger partial charge >= 0.3 is 5.97 Å². The lowest BCUT2D eigenvalue weighted by Crippen LogP contribution is -2.45. The minimum Gasteiger partial charge on any atom is -0.466 e. The normalized spacial score (nSPS) is 12.4. The number of amides is 1. The fourth-order valence-electron chi connectivity index (χ4n) is 12.4. The Labute approximate surface area is 508 Å². The van der Waals surface area contributed by atoms with E-state index in [9.17, 15) is 19.8 Å². The Morgan fingerprint density at radius 2 is 0.506 bits per heavy atom. The third-order valence-electron chi connectivity index (χ3n) is 18.2. The van der Waals surface area contributed by atoms with Gasteiger partial charge in [0.1, 0.15) is 0 Å². The van der Waals surface area contributed by atoms with E-state index in [2.05, 4.69) is 19.2 Å². The van der Waals surface area contributed by atoms with Gasteiger partial charge < -0.3 is 20.3 Å². The van der Waals surface area contributed by atoms with Crippen molar-refractivity contribution in [1.82, 2.24) is 5.32 Å². The Morgan fingerprint density at radius 1 is 0.296 bits per heavy atom. The number of carbonyl (C=O) groups excluding carboxylic acids is 2.